The quantitative estimate of drug-likeness (QED) is 0.325. The fourth-order valence-corrected chi connectivity index (χ4v) is 5.48. The van der Waals surface area contributed by atoms with Crippen LogP contribution in [0.3, 0.4) is 0 Å². The van der Waals surface area contributed by atoms with Crippen LogP contribution in [0.5, 0.6) is 17.2 Å². The first-order chi connectivity index (χ1) is 16.6. The van der Waals surface area contributed by atoms with Crippen LogP contribution in [-0.4, -0.2) is 30.5 Å². The highest BCUT2D eigenvalue weighted by Gasteiger charge is 2.26. The average Bonchev–Trinajstić information content (AvgIpc) is 3.27. The second-order valence-corrected chi connectivity index (χ2v) is 10.1. The third kappa shape index (κ3) is 4.97. The van der Waals surface area contributed by atoms with Crippen LogP contribution in [0.1, 0.15) is 29.5 Å². The lowest BCUT2D eigenvalue weighted by atomic mass is 10.0. The topological polar surface area (TPSA) is 130 Å². The summed E-state index contributed by atoms with van der Waals surface area (Å²) in [5.74, 6) is -2.24. The lowest BCUT2D eigenvalue weighted by Crippen LogP contribution is -2.17. The maximum Gasteiger partial charge on any atom is 0.312 e. The molecule has 182 valence electrons. The van der Waals surface area contributed by atoms with Gasteiger partial charge in [0.25, 0.3) is 0 Å². The number of carbonyl (C=O) groups excluding carboxylic acids is 1. The molecule has 10 heteroatoms. The fraction of sp³-hybridized carbons (Fsp3) is 0.200. The van der Waals surface area contributed by atoms with Gasteiger partial charge < -0.3 is 20.3 Å². The molecule has 3 aromatic carbocycles. The number of hydrogen-bond acceptors (Lipinski definition) is 6. The van der Waals surface area contributed by atoms with Crippen molar-refractivity contribution in [2.24, 2.45) is 0 Å². The monoisotopic (exact) mass is 499 g/mol. The molecular formula is C25H22FNO7S. The van der Waals surface area contributed by atoms with Crippen LogP contribution in [0.4, 0.5) is 10.1 Å². The number of aromatic hydroxyl groups is 1. The maximum atomic E-state index is 13.3. The lowest BCUT2D eigenvalue weighted by molar-refractivity contribution is -0.139. The van der Waals surface area contributed by atoms with E-state index in [1.54, 1.807) is 13.0 Å². The van der Waals surface area contributed by atoms with Crippen molar-refractivity contribution in [1.29, 1.82) is 0 Å². The van der Waals surface area contributed by atoms with Gasteiger partial charge in [-0.25, -0.2) is 12.8 Å². The van der Waals surface area contributed by atoms with Crippen LogP contribution in [-0.2, 0) is 32.3 Å². The molecule has 0 atom stereocenters. The normalized spacial score (nSPS) is 12.7. The number of hydrogen-bond donors (Lipinski definition) is 3. The second-order valence-electron chi connectivity index (χ2n) is 8.19. The van der Waals surface area contributed by atoms with Crippen molar-refractivity contribution in [2.75, 3.05) is 5.32 Å². The fourth-order valence-electron chi connectivity index (χ4n) is 4.12. The smallest absolute Gasteiger partial charge is 0.312 e. The molecule has 3 N–H and O–H groups in total. The number of ether oxygens (including phenoxy) is 1. The SMILES string of the molecule is Cc1cc(NC(=O)CC(=O)O)c2c(c1Oc1ccc(O)c(S(=O)(=O)c3ccc(F)cc3)c1)CCC2. The number of nitrogens with one attached hydrogen (secondary N) is 1. The average molecular weight is 500 g/mol. The van der Waals surface area contributed by atoms with Crippen LogP contribution >= 0.6 is 0 Å². The van der Waals surface area contributed by atoms with Crippen molar-refractivity contribution in [3.63, 3.8) is 0 Å². The number of phenolic OH excluding ortho intramolecular Hbond substituents is 1. The number of anilines is 1. The minimum atomic E-state index is -4.15. The minimum absolute atomic E-state index is 0.170. The van der Waals surface area contributed by atoms with E-state index in [4.69, 9.17) is 9.84 Å². The van der Waals surface area contributed by atoms with E-state index in [0.717, 1.165) is 41.8 Å². The zero-order chi connectivity index (χ0) is 25.3. The number of sulfone groups is 1. The summed E-state index contributed by atoms with van der Waals surface area (Å²) >= 11 is 0. The number of rotatable bonds is 7. The van der Waals surface area contributed by atoms with Gasteiger partial charge >= 0.3 is 5.97 Å². The van der Waals surface area contributed by atoms with Crippen molar-refractivity contribution in [3.8, 4) is 17.2 Å². The third-order valence-corrected chi connectivity index (χ3v) is 7.49. The summed E-state index contributed by atoms with van der Waals surface area (Å²) in [6.07, 6.45) is 1.48. The Kier molecular flexibility index (Phi) is 6.49. The van der Waals surface area contributed by atoms with Crippen molar-refractivity contribution in [1.82, 2.24) is 0 Å². The summed E-state index contributed by atoms with van der Waals surface area (Å²) in [6, 6.07) is 9.82. The summed E-state index contributed by atoms with van der Waals surface area (Å²) in [6.45, 7) is 1.76. The molecule has 0 fully saturated rings. The van der Waals surface area contributed by atoms with Crippen molar-refractivity contribution in [2.45, 2.75) is 42.4 Å². The largest absolute Gasteiger partial charge is 0.507 e. The van der Waals surface area contributed by atoms with Crippen LogP contribution in [0.15, 0.2) is 58.3 Å². The molecular weight excluding hydrogens is 477 g/mol. The predicted molar refractivity (Wildman–Crippen MR) is 124 cm³/mol. The molecule has 0 bridgehead atoms. The van der Waals surface area contributed by atoms with E-state index in [1.807, 2.05) is 0 Å². The first kappa shape index (κ1) is 24.2. The molecule has 1 aliphatic carbocycles. The van der Waals surface area contributed by atoms with Gasteiger partial charge in [0.2, 0.25) is 15.7 Å². The van der Waals surface area contributed by atoms with Crippen molar-refractivity contribution >= 4 is 27.4 Å². The van der Waals surface area contributed by atoms with Gasteiger partial charge in [-0.3, -0.25) is 9.59 Å². The number of phenols is 1. The van der Waals surface area contributed by atoms with Crippen LogP contribution in [0.25, 0.3) is 0 Å². The highest BCUT2D eigenvalue weighted by atomic mass is 32.2. The summed E-state index contributed by atoms with van der Waals surface area (Å²) in [5.41, 5.74) is 2.86. The van der Waals surface area contributed by atoms with Gasteiger partial charge in [0.05, 0.1) is 4.90 Å². The van der Waals surface area contributed by atoms with Gasteiger partial charge in [0, 0.05) is 17.3 Å². The Morgan fingerprint density at radius 2 is 1.74 bits per heavy atom. The molecule has 8 nitrogen and oxygen atoms in total. The molecule has 35 heavy (non-hydrogen) atoms. The second kappa shape index (κ2) is 9.38. The van der Waals surface area contributed by atoms with Crippen LogP contribution in [0, 0.1) is 12.7 Å². The predicted octanol–water partition coefficient (Wildman–Crippen LogP) is 4.37. The van der Waals surface area contributed by atoms with Gasteiger partial charge in [0.15, 0.2) is 0 Å². The summed E-state index contributed by atoms with van der Waals surface area (Å²) < 4.78 is 45.4. The van der Waals surface area contributed by atoms with Gasteiger partial charge in [-0.05, 0) is 79.8 Å². The van der Waals surface area contributed by atoms with E-state index in [2.05, 4.69) is 5.32 Å². The standard InChI is InChI=1S/C25H22FNO7S/c1-14-11-20(27-23(29)13-24(30)31)18-3-2-4-19(18)25(14)34-16-7-10-21(28)22(12-16)35(32,33)17-8-5-15(26)6-9-17/h5-12,28H,2-4,13H2,1H3,(H,27,29)(H,30,31). The van der Waals surface area contributed by atoms with E-state index in [0.29, 0.717) is 29.8 Å². The number of aryl methyl sites for hydroxylation is 1. The number of aliphatic carboxylic acids is 1. The van der Waals surface area contributed by atoms with Gasteiger partial charge in [-0.1, -0.05) is 0 Å². The number of carboxylic acids is 1. The van der Waals surface area contributed by atoms with E-state index in [-0.39, 0.29) is 15.5 Å². The Hall–Kier alpha value is -3.92. The minimum Gasteiger partial charge on any atom is -0.507 e. The molecule has 0 aliphatic heterocycles. The molecule has 0 spiro atoms. The lowest BCUT2D eigenvalue weighted by Gasteiger charge is -2.18. The molecule has 0 saturated carbocycles. The Balaban J connectivity index is 1.69. The Morgan fingerprint density at radius 1 is 1.06 bits per heavy atom. The Morgan fingerprint density at radius 3 is 2.43 bits per heavy atom. The highest BCUT2D eigenvalue weighted by Crippen LogP contribution is 2.42. The zero-order valence-electron chi connectivity index (χ0n) is 18.7. The molecule has 1 aliphatic rings. The number of carbonyl (C=O) groups is 2. The number of halogens is 1. The molecule has 4 rings (SSSR count). The molecule has 0 saturated heterocycles. The van der Waals surface area contributed by atoms with Crippen LogP contribution in [0.2, 0.25) is 0 Å². The molecule has 0 heterocycles. The summed E-state index contributed by atoms with van der Waals surface area (Å²) in [7, 11) is -4.15. The summed E-state index contributed by atoms with van der Waals surface area (Å²) in [5, 5.41) is 21.7. The van der Waals surface area contributed by atoms with Gasteiger partial charge in [-0.15, -0.1) is 0 Å². The van der Waals surface area contributed by atoms with Crippen molar-refractivity contribution < 1.29 is 37.3 Å². The molecule has 0 radical (unpaired) electrons. The number of fused-ring (bicyclic) bond motifs is 1. The van der Waals surface area contributed by atoms with E-state index >= 15 is 0 Å². The Labute approximate surface area is 200 Å². The third-order valence-electron chi connectivity index (χ3n) is 5.69. The van der Waals surface area contributed by atoms with E-state index in [1.165, 1.54) is 18.2 Å². The first-order valence-corrected chi connectivity index (χ1v) is 12.2. The van der Waals surface area contributed by atoms with Gasteiger partial charge in [-0.2, -0.15) is 0 Å². The Bertz CT molecular complexity index is 1430. The van der Waals surface area contributed by atoms with Crippen molar-refractivity contribution in [3.05, 3.63) is 71.0 Å². The molecule has 3 aromatic rings. The maximum absolute atomic E-state index is 13.3. The molecule has 0 unspecified atom stereocenters. The highest BCUT2D eigenvalue weighted by molar-refractivity contribution is 7.91. The van der Waals surface area contributed by atoms with Crippen LogP contribution < -0.4 is 10.1 Å². The summed E-state index contributed by atoms with van der Waals surface area (Å²) in [4.78, 5) is 22.3. The number of benzene rings is 3. The van der Waals surface area contributed by atoms with E-state index in [9.17, 15) is 27.5 Å². The number of amides is 1. The first-order valence-electron chi connectivity index (χ1n) is 10.7. The molecule has 0 aromatic heterocycles. The van der Waals surface area contributed by atoms with Gasteiger partial charge in [0.1, 0.15) is 34.4 Å². The number of carboxylic acid groups (broad SMARTS) is 1. The van der Waals surface area contributed by atoms with E-state index < -0.39 is 39.7 Å². The molecule has 1 amide bonds. The zero-order valence-corrected chi connectivity index (χ0v) is 19.5.